The van der Waals surface area contributed by atoms with Crippen molar-refractivity contribution < 1.29 is 9.59 Å². The van der Waals surface area contributed by atoms with Crippen LogP contribution in [0.5, 0.6) is 0 Å². The van der Waals surface area contributed by atoms with Gasteiger partial charge in [-0.2, -0.15) is 0 Å². The van der Waals surface area contributed by atoms with E-state index in [0.29, 0.717) is 22.7 Å². The maximum absolute atomic E-state index is 13.1. The molecule has 138 valence electrons. The van der Waals surface area contributed by atoms with E-state index in [1.165, 1.54) is 30.6 Å². The first-order valence-electron chi connectivity index (χ1n) is 9.91. The average molecular weight is 367 g/mol. The number of imide groups is 1. The van der Waals surface area contributed by atoms with E-state index in [4.69, 9.17) is 0 Å². The summed E-state index contributed by atoms with van der Waals surface area (Å²) in [4.78, 5) is 27.5. The summed E-state index contributed by atoms with van der Waals surface area (Å²) in [7, 11) is 0. The van der Waals surface area contributed by atoms with Gasteiger partial charge in [0.2, 0.25) is 0 Å². The number of benzene rings is 3. The third-order valence-electron chi connectivity index (χ3n) is 5.88. The van der Waals surface area contributed by atoms with E-state index < -0.39 is 0 Å². The highest BCUT2D eigenvalue weighted by atomic mass is 16.2. The molecule has 2 amide bonds. The fourth-order valence-electron chi connectivity index (χ4n) is 4.40. The minimum absolute atomic E-state index is 0.261. The molecule has 0 saturated heterocycles. The second kappa shape index (κ2) is 6.75. The maximum atomic E-state index is 13.1. The molecule has 3 aromatic rings. The Balaban J connectivity index is 1.48. The van der Waals surface area contributed by atoms with Gasteiger partial charge in [-0.05, 0) is 54.0 Å². The number of nitrogens with zero attached hydrogens (tertiary/aromatic N) is 1. The Morgan fingerprint density at radius 2 is 1.39 bits per heavy atom. The van der Waals surface area contributed by atoms with Crippen molar-refractivity contribution in [3.05, 3.63) is 83.4 Å². The Morgan fingerprint density at radius 1 is 0.786 bits per heavy atom. The zero-order valence-corrected chi connectivity index (χ0v) is 15.6. The van der Waals surface area contributed by atoms with E-state index in [2.05, 4.69) is 12.2 Å². The zero-order chi connectivity index (χ0) is 19.1. The molecule has 1 aliphatic heterocycles. The standard InChI is InChI=1S/C25H21NO2/c27-24-21-9-3-7-19-8-4-10-22(23(19)21)25(28)26(24)20-15-13-18(14-16-20)12-11-17-5-1-2-6-17/h3-4,7-17H,1-2,5-6H2. The second-order valence-electron chi connectivity index (χ2n) is 7.65. The van der Waals surface area contributed by atoms with Crippen molar-refractivity contribution >= 4 is 34.4 Å². The maximum Gasteiger partial charge on any atom is 0.265 e. The first kappa shape index (κ1) is 16.9. The molecule has 0 aromatic heterocycles. The number of carbonyl (C=O) groups excluding carboxylic acids is 2. The van der Waals surface area contributed by atoms with Crippen LogP contribution in [0, 0.1) is 5.92 Å². The minimum Gasteiger partial charge on any atom is -0.268 e. The van der Waals surface area contributed by atoms with Gasteiger partial charge < -0.3 is 0 Å². The third-order valence-corrected chi connectivity index (χ3v) is 5.88. The molecule has 0 N–H and O–H groups in total. The summed E-state index contributed by atoms with van der Waals surface area (Å²) in [6.45, 7) is 0. The van der Waals surface area contributed by atoms with E-state index >= 15 is 0 Å². The molecule has 1 heterocycles. The second-order valence-corrected chi connectivity index (χ2v) is 7.65. The Hall–Kier alpha value is -3.20. The van der Waals surface area contributed by atoms with Gasteiger partial charge in [-0.1, -0.05) is 61.4 Å². The van der Waals surface area contributed by atoms with Gasteiger partial charge in [-0.25, -0.2) is 4.90 Å². The molecule has 3 heteroatoms. The lowest BCUT2D eigenvalue weighted by Crippen LogP contribution is -2.40. The normalized spacial score (nSPS) is 17.2. The molecule has 0 unspecified atom stereocenters. The highest BCUT2D eigenvalue weighted by molar-refractivity contribution is 6.35. The van der Waals surface area contributed by atoms with Crippen LogP contribution in [0.2, 0.25) is 0 Å². The van der Waals surface area contributed by atoms with E-state index in [1.54, 1.807) is 12.1 Å². The number of carbonyl (C=O) groups is 2. The Bertz CT molecular complexity index is 1050. The summed E-state index contributed by atoms with van der Waals surface area (Å²) in [6.07, 6.45) is 9.63. The molecule has 5 rings (SSSR count). The molecule has 2 aliphatic rings. The number of anilines is 1. The van der Waals surface area contributed by atoms with Gasteiger partial charge in [0, 0.05) is 16.5 Å². The Morgan fingerprint density at radius 3 is 2.00 bits per heavy atom. The van der Waals surface area contributed by atoms with Crippen LogP contribution in [0.4, 0.5) is 5.69 Å². The number of hydrogen-bond acceptors (Lipinski definition) is 2. The monoisotopic (exact) mass is 367 g/mol. The van der Waals surface area contributed by atoms with Crippen LogP contribution in [0.3, 0.4) is 0 Å². The summed E-state index contributed by atoms with van der Waals surface area (Å²) in [5, 5.41) is 1.68. The molecular weight excluding hydrogens is 346 g/mol. The van der Waals surface area contributed by atoms with Crippen molar-refractivity contribution in [3.8, 4) is 0 Å². The fraction of sp³-hybridized carbons (Fsp3) is 0.200. The van der Waals surface area contributed by atoms with Crippen LogP contribution < -0.4 is 4.90 Å². The van der Waals surface area contributed by atoms with Crippen molar-refractivity contribution in [2.24, 2.45) is 5.92 Å². The van der Waals surface area contributed by atoms with Crippen molar-refractivity contribution in [2.45, 2.75) is 25.7 Å². The van der Waals surface area contributed by atoms with Crippen LogP contribution in [0.25, 0.3) is 16.8 Å². The molecule has 1 aliphatic carbocycles. The first-order chi connectivity index (χ1) is 13.7. The van der Waals surface area contributed by atoms with Gasteiger partial charge in [0.1, 0.15) is 0 Å². The van der Waals surface area contributed by atoms with E-state index in [9.17, 15) is 9.59 Å². The molecule has 0 spiro atoms. The quantitative estimate of drug-likeness (QED) is 0.545. The number of allylic oxidation sites excluding steroid dienone is 1. The van der Waals surface area contributed by atoms with Gasteiger partial charge in [0.15, 0.2) is 0 Å². The lowest BCUT2D eigenvalue weighted by Gasteiger charge is -2.27. The molecule has 3 nitrogen and oxygen atoms in total. The number of amides is 2. The van der Waals surface area contributed by atoms with E-state index in [-0.39, 0.29) is 11.8 Å². The van der Waals surface area contributed by atoms with Gasteiger partial charge in [0.25, 0.3) is 11.8 Å². The number of rotatable bonds is 3. The summed E-state index contributed by atoms with van der Waals surface area (Å²) in [6, 6.07) is 18.9. The molecule has 28 heavy (non-hydrogen) atoms. The zero-order valence-electron chi connectivity index (χ0n) is 15.6. The number of hydrogen-bond donors (Lipinski definition) is 0. The Labute approximate surface area is 164 Å². The van der Waals surface area contributed by atoms with Gasteiger partial charge in [-0.3, -0.25) is 9.59 Å². The predicted octanol–water partition coefficient (Wildman–Crippen LogP) is 5.84. The largest absolute Gasteiger partial charge is 0.268 e. The fourth-order valence-corrected chi connectivity index (χ4v) is 4.40. The van der Waals surface area contributed by atoms with Gasteiger partial charge >= 0.3 is 0 Å². The van der Waals surface area contributed by atoms with Crippen molar-refractivity contribution in [3.63, 3.8) is 0 Å². The summed E-state index contributed by atoms with van der Waals surface area (Å²) >= 11 is 0. The summed E-state index contributed by atoms with van der Waals surface area (Å²) in [5.74, 6) is 0.161. The average Bonchev–Trinajstić information content (AvgIpc) is 3.25. The van der Waals surface area contributed by atoms with Crippen LogP contribution >= 0.6 is 0 Å². The third kappa shape index (κ3) is 2.75. The van der Waals surface area contributed by atoms with Crippen molar-refractivity contribution in [2.75, 3.05) is 4.90 Å². The van der Waals surface area contributed by atoms with Crippen LogP contribution in [0.1, 0.15) is 52.0 Å². The topological polar surface area (TPSA) is 37.4 Å². The smallest absolute Gasteiger partial charge is 0.265 e. The lowest BCUT2D eigenvalue weighted by atomic mass is 9.93. The molecule has 0 atom stereocenters. The van der Waals surface area contributed by atoms with Crippen molar-refractivity contribution in [1.82, 2.24) is 0 Å². The predicted molar refractivity (Wildman–Crippen MR) is 113 cm³/mol. The van der Waals surface area contributed by atoms with Crippen LogP contribution in [-0.4, -0.2) is 11.8 Å². The molecule has 0 bridgehead atoms. The highest BCUT2D eigenvalue weighted by Gasteiger charge is 2.33. The highest BCUT2D eigenvalue weighted by Crippen LogP contribution is 2.33. The van der Waals surface area contributed by atoms with Crippen LogP contribution in [-0.2, 0) is 0 Å². The van der Waals surface area contributed by atoms with Gasteiger partial charge in [0.05, 0.1) is 5.69 Å². The Kier molecular flexibility index (Phi) is 4.09. The van der Waals surface area contributed by atoms with Gasteiger partial charge in [-0.15, -0.1) is 0 Å². The molecular formula is C25H21NO2. The van der Waals surface area contributed by atoms with E-state index in [1.807, 2.05) is 48.5 Å². The molecule has 1 saturated carbocycles. The molecule has 1 fully saturated rings. The summed E-state index contributed by atoms with van der Waals surface area (Å²) in [5.41, 5.74) is 2.87. The first-order valence-corrected chi connectivity index (χ1v) is 9.91. The van der Waals surface area contributed by atoms with Crippen LogP contribution in [0.15, 0.2) is 66.7 Å². The molecule has 3 aromatic carbocycles. The van der Waals surface area contributed by atoms with E-state index in [0.717, 1.165) is 16.3 Å². The SMILES string of the molecule is O=C1c2cccc3cccc(c23)C(=O)N1c1ccc(C=CC2CCCC2)cc1. The lowest BCUT2D eigenvalue weighted by molar-refractivity contribution is 0.0893. The minimum atomic E-state index is -0.261. The summed E-state index contributed by atoms with van der Waals surface area (Å²) < 4.78 is 0. The van der Waals surface area contributed by atoms with Crippen molar-refractivity contribution in [1.29, 1.82) is 0 Å². The molecule has 0 radical (unpaired) electrons.